The molecular formula is C11H15N3O. The molecule has 1 rings (SSSR count). The molecule has 80 valence electrons. The molecule has 1 aromatic carbocycles. The number of amides is 2. The zero-order chi connectivity index (χ0) is 11.1. The van der Waals surface area contributed by atoms with Gasteiger partial charge in [0.05, 0.1) is 0 Å². The first-order valence-corrected chi connectivity index (χ1v) is 4.87. The van der Waals surface area contributed by atoms with Crippen molar-refractivity contribution in [2.45, 2.75) is 20.3 Å². The maximum absolute atomic E-state index is 11.3. The minimum atomic E-state index is -0.325. The lowest BCUT2D eigenvalue weighted by Gasteiger charge is -2.03. The lowest BCUT2D eigenvalue weighted by Crippen LogP contribution is -2.24. The van der Waals surface area contributed by atoms with E-state index in [0.29, 0.717) is 0 Å². The molecular weight excluding hydrogens is 190 g/mol. The van der Waals surface area contributed by atoms with E-state index < -0.39 is 0 Å². The number of hydrogen-bond donors (Lipinski definition) is 2. The second-order valence-corrected chi connectivity index (χ2v) is 3.13. The summed E-state index contributed by atoms with van der Waals surface area (Å²) in [6.07, 6.45) is 0.825. The maximum Gasteiger partial charge on any atom is 0.339 e. The lowest BCUT2D eigenvalue weighted by molar-refractivity contribution is 0.252. The van der Waals surface area contributed by atoms with Gasteiger partial charge in [-0.2, -0.15) is 5.10 Å². The Hall–Kier alpha value is -1.84. The molecule has 0 atom stereocenters. The van der Waals surface area contributed by atoms with E-state index in [2.05, 4.69) is 15.8 Å². The van der Waals surface area contributed by atoms with Gasteiger partial charge in [-0.3, -0.25) is 0 Å². The van der Waals surface area contributed by atoms with Gasteiger partial charge in [0.1, 0.15) is 0 Å². The van der Waals surface area contributed by atoms with E-state index in [0.717, 1.165) is 17.8 Å². The molecule has 0 unspecified atom stereocenters. The highest BCUT2D eigenvalue weighted by atomic mass is 16.2. The standard InChI is InChI=1S/C11H15N3O/c1-3-9(2)13-14-11(15)12-10-7-5-4-6-8-10/h4-8H,3H2,1-2H3,(H2,12,14,15). The zero-order valence-electron chi connectivity index (χ0n) is 8.95. The number of urea groups is 1. The predicted octanol–water partition coefficient (Wildman–Crippen LogP) is 2.59. The van der Waals surface area contributed by atoms with Crippen LogP contribution in [0.4, 0.5) is 10.5 Å². The Morgan fingerprint density at radius 1 is 1.33 bits per heavy atom. The number of para-hydroxylation sites is 1. The van der Waals surface area contributed by atoms with Crippen molar-refractivity contribution < 1.29 is 4.79 Å². The van der Waals surface area contributed by atoms with Crippen LogP contribution < -0.4 is 10.7 Å². The van der Waals surface area contributed by atoms with Gasteiger partial charge in [0, 0.05) is 11.4 Å². The second-order valence-electron chi connectivity index (χ2n) is 3.13. The molecule has 0 saturated heterocycles. The zero-order valence-corrected chi connectivity index (χ0v) is 8.95. The van der Waals surface area contributed by atoms with Crippen LogP contribution in [0.5, 0.6) is 0 Å². The van der Waals surface area contributed by atoms with Crippen molar-refractivity contribution >= 4 is 17.4 Å². The van der Waals surface area contributed by atoms with E-state index in [1.54, 1.807) is 0 Å². The molecule has 0 aromatic heterocycles. The van der Waals surface area contributed by atoms with E-state index in [1.165, 1.54) is 0 Å². The van der Waals surface area contributed by atoms with E-state index >= 15 is 0 Å². The van der Waals surface area contributed by atoms with E-state index in [9.17, 15) is 4.79 Å². The highest BCUT2D eigenvalue weighted by Crippen LogP contribution is 2.03. The summed E-state index contributed by atoms with van der Waals surface area (Å²) in [5.74, 6) is 0. The van der Waals surface area contributed by atoms with Crippen molar-refractivity contribution in [3.63, 3.8) is 0 Å². The summed E-state index contributed by atoms with van der Waals surface area (Å²) in [6, 6.07) is 8.91. The number of anilines is 1. The van der Waals surface area contributed by atoms with Crippen molar-refractivity contribution in [2.24, 2.45) is 5.10 Å². The third-order valence-corrected chi connectivity index (χ3v) is 1.89. The van der Waals surface area contributed by atoms with Gasteiger partial charge in [0.25, 0.3) is 0 Å². The number of rotatable bonds is 3. The first-order chi connectivity index (χ1) is 7.22. The number of hydrazone groups is 1. The minimum Gasteiger partial charge on any atom is -0.307 e. The van der Waals surface area contributed by atoms with Crippen LogP contribution in [0, 0.1) is 0 Å². The third kappa shape index (κ3) is 4.26. The first kappa shape index (κ1) is 11.2. The first-order valence-electron chi connectivity index (χ1n) is 4.87. The van der Waals surface area contributed by atoms with Crippen molar-refractivity contribution in [1.82, 2.24) is 5.43 Å². The highest BCUT2D eigenvalue weighted by molar-refractivity contribution is 5.90. The summed E-state index contributed by atoms with van der Waals surface area (Å²) < 4.78 is 0. The van der Waals surface area contributed by atoms with Gasteiger partial charge >= 0.3 is 6.03 Å². The number of carbonyl (C=O) groups excluding carboxylic acids is 1. The van der Waals surface area contributed by atoms with Crippen LogP contribution in [0.2, 0.25) is 0 Å². The van der Waals surface area contributed by atoms with Gasteiger partial charge in [-0.15, -0.1) is 0 Å². The average molecular weight is 205 g/mol. The fourth-order valence-electron chi connectivity index (χ4n) is 0.906. The Kier molecular flexibility index (Phi) is 4.34. The van der Waals surface area contributed by atoms with Crippen LogP contribution in [0.25, 0.3) is 0 Å². The minimum absolute atomic E-state index is 0.325. The maximum atomic E-state index is 11.3. The fraction of sp³-hybridized carbons (Fsp3) is 0.273. The Labute approximate surface area is 89.4 Å². The highest BCUT2D eigenvalue weighted by Gasteiger charge is 1.98. The quantitative estimate of drug-likeness (QED) is 0.578. The summed E-state index contributed by atoms with van der Waals surface area (Å²) in [6.45, 7) is 3.85. The number of nitrogens with zero attached hydrogens (tertiary/aromatic N) is 1. The summed E-state index contributed by atoms with van der Waals surface area (Å²) in [7, 11) is 0. The molecule has 0 bridgehead atoms. The second kappa shape index (κ2) is 5.80. The third-order valence-electron chi connectivity index (χ3n) is 1.89. The molecule has 2 amide bonds. The summed E-state index contributed by atoms with van der Waals surface area (Å²) in [4.78, 5) is 11.3. The van der Waals surface area contributed by atoms with Gasteiger partial charge in [-0.25, -0.2) is 10.2 Å². The molecule has 0 aliphatic heterocycles. The van der Waals surface area contributed by atoms with Crippen LogP contribution in [-0.4, -0.2) is 11.7 Å². The molecule has 0 fully saturated rings. The van der Waals surface area contributed by atoms with Crippen LogP contribution in [0.3, 0.4) is 0 Å². The largest absolute Gasteiger partial charge is 0.339 e. The Balaban J connectivity index is 2.44. The molecule has 4 nitrogen and oxygen atoms in total. The average Bonchev–Trinajstić information content (AvgIpc) is 2.27. The molecule has 0 radical (unpaired) electrons. The summed E-state index contributed by atoms with van der Waals surface area (Å²) >= 11 is 0. The molecule has 0 heterocycles. The van der Waals surface area contributed by atoms with Crippen LogP contribution in [0.15, 0.2) is 35.4 Å². The summed E-state index contributed by atoms with van der Waals surface area (Å²) in [5, 5.41) is 6.56. The van der Waals surface area contributed by atoms with Gasteiger partial charge < -0.3 is 5.32 Å². The van der Waals surface area contributed by atoms with Crippen molar-refractivity contribution in [1.29, 1.82) is 0 Å². The van der Waals surface area contributed by atoms with Crippen LogP contribution in [0.1, 0.15) is 20.3 Å². The summed E-state index contributed by atoms with van der Waals surface area (Å²) in [5.41, 5.74) is 4.06. The molecule has 4 heteroatoms. The molecule has 1 aromatic rings. The van der Waals surface area contributed by atoms with Crippen molar-refractivity contribution in [3.05, 3.63) is 30.3 Å². The molecule has 2 N–H and O–H groups in total. The lowest BCUT2D eigenvalue weighted by atomic mass is 10.3. The number of carbonyl (C=O) groups is 1. The predicted molar refractivity (Wildman–Crippen MR) is 62.0 cm³/mol. The van der Waals surface area contributed by atoms with Crippen molar-refractivity contribution in [2.75, 3.05) is 5.32 Å². The number of benzene rings is 1. The molecule has 0 spiro atoms. The Morgan fingerprint density at radius 2 is 2.00 bits per heavy atom. The number of hydrogen-bond acceptors (Lipinski definition) is 2. The van der Waals surface area contributed by atoms with Gasteiger partial charge in [-0.05, 0) is 25.5 Å². The van der Waals surface area contributed by atoms with Gasteiger partial charge in [0.2, 0.25) is 0 Å². The van der Waals surface area contributed by atoms with Gasteiger partial charge in [-0.1, -0.05) is 25.1 Å². The Morgan fingerprint density at radius 3 is 2.60 bits per heavy atom. The van der Waals surface area contributed by atoms with E-state index in [4.69, 9.17) is 0 Å². The monoisotopic (exact) mass is 205 g/mol. The smallest absolute Gasteiger partial charge is 0.307 e. The fourth-order valence-corrected chi connectivity index (χ4v) is 0.906. The number of nitrogens with one attached hydrogen (secondary N) is 2. The topological polar surface area (TPSA) is 53.5 Å². The van der Waals surface area contributed by atoms with Crippen LogP contribution >= 0.6 is 0 Å². The molecule has 0 aliphatic rings. The van der Waals surface area contributed by atoms with Crippen LogP contribution in [-0.2, 0) is 0 Å². The molecule has 0 aliphatic carbocycles. The van der Waals surface area contributed by atoms with E-state index in [1.807, 2.05) is 44.2 Å². The van der Waals surface area contributed by atoms with E-state index in [-0.39, 0.29) is 6.03 Å². The molecule has 15 heavy (non-hydrogen) atoms. The normalized spacial score (nSPS) is 10.9. The van der Waals surface area contributed by atoms with Gasteiger partial charge in [0.15, 0.2) is 0 Å². The molecule has 0 saturated carbocycles. The SMILES string of the molecule is CCC(C)=NNC(=O)Nc1ccccc1. The van der Waals surface area contributed by atoms with Crippen molar-refractivity contribution in [3.8, 4) is 0 Å². The Bertz CT molecular complexity index is 346.